The SMILES string of the molecule is COc1ccc(C(=O)Oc2ccc(Br)cc2/C=N\NC(=O)Cc2ccccc2)cc1. The molecule has 7 heteroatoms. The lowest BCUT2D eigenvalue weighted by Gasteiger charge is -2.08. The number of benzene rings is 3. The highest BCUT2D eigenvalue weighted by Gasteiger charge is 2.12. The molecule has 1 amide bonds. The van der Waals surface area contributed by atoms with Crippen molar-refractivity contribution in [3.8, 4) is 11.5 Å². The zero-order valence-electron chi connectivity index (χ0n) is 16.2. The predicted molar refractivity (Wildman–Crippen MR) is 118 cm³/mol. The lowest BCUT2D eigenvalue weighted by molar-refractivity contribution is -0.120. The highest BCUT2D eigenvalue weighted by Crippen LogP contribution is 2.23. The van der Waals surface area contributed by atoms with Gasteiger partial charge in [0.1, 0.15) is 11.5 Å². The molecule has 3 aromatic carbocycles. The minimum atomic E-state index is -0.511. The predicted octanol–water partition coefficient (Wildman–Crippen LogP) is 4.37. The van der Waals surface area contributed by atoms with Crippen LogP contribution in [0.2, 0.25) is 0 Å². The largest absolute Gasteiger partial charge is 0.497 e. The minimum absolute atomic E-state index is 0.218. The summed E-state index contributed by atoms with van der Waals surface area (Å²) in [7, 11) is 1.55. The summed E-state index contributed by atoms with van der Waals surface area (Å²) in [4.78, 5) is 24.5. The molecule has 30 heavy (non-hydrogen) atoms. The summed E-state index contributed by atoms with van der Waals surface area (Å²) >= 11 is 3.39. The molecule has 0 radical (unpaired) electrons. The number of ether oxygens (including phenoxy) is 2. The van der Waals surface area contributed by atoms with Gasteiger partial charge in [0.15, 0.2) is 0 Å². The van der Waals surface area contributed by atoms with Gasteiger partial charge < -0.3 is 9.47 Å². The fraction of sp³-hybridized carbons (Fsp3) is 0.0870. The molecule has 0 bridgehead atoms. The third kappa shape index (κ3) is 6.02. The van der Waals surface area contributed by atoms with Gasteiger partial charge in [0.2, 0.25) is 5.91 Å². The maximum absolute atomic E-state index is 12.4. The Bertz CT molecular complexity index is 1050. The molecule has 0 aliphatic heterocycles. The van der Waals surface area contributed by atoms with Crippen molar-refractivity contribution in [3.63, 3.8) is 0 Å². The van der Waals surface area contributed by atoms with Gasteiger partial charge in [-0.05, 0) is 48.0 Å². The van der Waals surface area contributed by atoms with E-state index in [1.807, 2.05) is 30.3 Å². The Balaban J connectivity index is 1.67. The quantitative estimate of drug-likeness (QED) is 0.242. The second-order valence-corrected chi connectivity index (χ2v) is 7.17. The van der Waals surface area contributed by atoms with Crippen molar-refractivity contribution in [3.05, 3.63) is 94.0 Å². The van der Waals surface area contributed by atoms with Crippen LogP contribution in [0.1, 0.15) is 21.5 Å². The number of carbonyl (C=O) groups excluding carboxylic acids is 2. The standard InChI is InChI=1S/C23H19BrN2O4/c1-29-20-10-7-17(8-11-20)23(28)30-21-12-9-19(24)14-18(21)15-25-26-22(27)13-16-5-3-2-4-6-16/h2-12,14-15H,13H2,1H3,(H,26,27)/b25-15-. The Morgan fingerprint density at radius 3 is 2.47 bits per heavy atom. The third-order valence-corrected chi connectivity index (χ3v) is 4.59. The Kier molecular flexibility index (Phi) is 7.34. The first-order chi connectivity index (χ1) is 14.5. The number of carbonyl (C=O) groups is 2. The second kappa shape index (κ2) is 10.4. The number of rotatable bonds is 7. The molecule has 0 atom stereocenters. The number of amides is 1. The van der Waals surface area contributed by atoms with E-state index in [1.54, 1.807) is 49.6 Å². The summed E-state index contributed by atoms with van der Waals surface area (Å²) < 4.78 is 11.4. The molecule has 0 aliphatic carbocycles. The number of methoxy groups -OCH3 is 1. The van der Waals surface area contributed by atoms with Gasteiger partial charge in [0.05, 0.1) is 25.3 Å². The van der Waals surface area contributed by atoms with Crippen LogP contribution in [0, 0.1) is 0 Å². The topological polar surface area (TPSA) is 77.0 Å². The summed E-state index contributed by atoms with van der Waals surface area (Å²) in [5.41, 5.74) is 4.30. The van der Waals surface area contributed by atoms with Crippen molar-refractivity contribution in [1.82, 2.24) is 5.43 Å². The lowest BCUT2D eigenvalue weighted by Crippen LogP contribution is -2.19. The number of halogens is 1. The first kappa shape index (κ1) is 21.3. The van der Waals surface area contributed by atoms with Crippen LogP contribution in [0.15, 0.2) is 82.4 Å². The molecule has 0 aliphatic rings. The molecule has 0 heterocycles. The number of hydrazone groups is 1. The van der Waals surface area contributed by atoms with E-state index in [-0.39, 0.29) is 12.3 Å². The van der Waals surface area contributed by atoms with Crippen LogP contribution in [0.4, 0.5) is 0 Å². The van der Waals surface area contributed by atoms with Crippen LogP contribution in [0.3, 0.4) is 0 Å². The van der Waals surface area contributed by atoms with Crippen molar-refractivity contribution in [1.29, 1.82) is 0 Å². The van der Waals surface area contributed by atoms with Gasteiger partial charge in [0.25, 0.3) is 0 Å². The normalized spacial score (nSPS) is 10.6. The van der Waals surface area contributed by atoms with E-state index in [0.29, 0.717) is 22.6 Å². The van der Waals surface area contributed by atoms with Gasteiger partial charge in [-0.2, -0.15) is 5.10 Å². The van der Waals surface area contributed by atoms with E-state index in [4.69, 9.17) is 9.47 Å². The van der Waals surface area contributed by atoms with Crippen molar-refractivity contribution in [2.45, 2.75) is 6.42 Å². The van der Waals surface area contributed by atoms with E-state index in [2.05, 4.69) is 26.5 Å². The number of hydrogen-bond acceptors (Lipinski definition) is 5. The molecule has 0 spiro atoms. The Hall–Kier alpha value is -3.45. The van der Waals surface area contributed by atoms with E-state index in [1.165, 1.54) is 6.21 Å². The van der Waals surface area contributed by atoms with Crippen LogP contribution in [0.25, 0.3) is 0 Å². The summed E-state index contributed by atoms with van der Waals surface area (Å²) in [6.07, 6.45) is 1.65. The van der Waals surface area contributed by atoms with Gasteiger partial charge in [-0.1, -0.05) is 46.3 Å². The highest BCUT2D eigenvalue weighted by atomic mass is 79.9. The second-order valence-electron chi connectivity index (χ2n) is 6.26. The zero-order valence-corrected chi connectivity index (χ0v) is 17.8. The van der Waals surface area contributed by atoms with Gasteiger partial charge >= 0.3 is 5.97 Å². The van der Waals surface area contributed by atoms with Crippen LogP contribution in [-0.2, 0) is 11.2 Å². The molecule has 0 saturated carbocycles. The monoisotopic (exact) mass is 466 g/mol. The van der Waals surface area contributed by atoms with E-state index >= 15 is 0 Å². The van der Waals surface area contributed by atoms with Gasteiger partial charge in [-0.3, -0.25) is 4.79 Å². The molecular formula is C23H19BrN2O4. The summed E-state index contributed by atoms with van der Waals surface area (Å²) in [5.74, 6) is 0.210. The van der Waals surface area contributed by atoms with Gasteiger partial charge in [0, 0.05) is 10.0 Å². The minimum Gasteiger partial charge on any atom is -0.497 e. The summed E-state index contributed by atoms with van der Waals surface area (Å²) in [6.45, 7) is 0. The van der Waals surface area contributed by atoms with E-state index in [0.717, 1.165) is 10.0 Å². The van der Waals surface area contributed by atoms with Crippen molar-refractivity contribution in [2.24, 2.45) is 5.10 Å². The van der Waals surface area contributed by atoms with Crippen LogP contribution < -0.4 is 14.9 Å². The summed E-state index contributed by atoms with van der Waals surface area (Å²) in [6, 6.07) is 21.1. The molecule has 0 saturated heterocycles. The van der Waals surface area contributed by atoms with Crippen LogP contribution >= 0.6 is 15.9 Å². The van der Waals surface area contributed by atoms with Crippen molar-refractivity contribution >= 4 is 34.0 Å². The van der Waals surface area contributed by atoms with Crippen molar-refractivity contribution < 1.29 is 19.1 Å². The molecule has 0 fully saturated rings. The lowest BCUT2D eigenvalue weighted by atomic mass is 10.1. The van der Waals surface area contributed by atoms with Crippen LogP contribution in [0.5, 0.6) is 11.5 Å². The average Bonchev–Trinajstić information content (AvgIpc) is 2.76. The maximum atomic E-state index is 12.4. The van der Waals surface area contributed by atoms with E-state index < -0.39 is 5.97 Å². The highest BCUT2D eigenvalue weighted by molar-refractivity contribution is 9.10. The molecule has 152 valence electrons. The number of nitrogens with one attached hydrogen (secondary N) is 1. The first-order valence-electron chi connectivity index (χ1n) is 9.07. The third-order valence-electron chi connectivity index (χ3n) is 4.10. The number of esters is 1. The molecular weight excluding hydrogens is 448 g/mol. The molecule has 0 aromatic heterocycles. The van der Waals surface area contributed by atoms with Gasteiger partial charge in [-0.25, -0.2) is 10.2 Å². The molecule has 6 nitrogen and oxygen atoms in total. The molecule has 3 rings (SSSR count). The van der Waals surface area contributed by atoms with Crippen LogP contribution in [-0.4, -0.2) is 25.2 Å². The summed E-state index contributed by atoms with van der Waals surface area (Å²) in [5, 5.41) is 3.99. The number of nitrogens with zero attached hydrogens (tertiary/aromatic N) is 1. The Morgan fingerprint density at radius 1 is 1.03 bits per heavy atom. The van der Waals surface area contributed by atoms with Gasteiger partial charge in [-0.15, -0.1) is 0 Å². The smallest absolute Gasteiger partial charge is 0.343 e. The first-order valence-corrected chi connectivity index (χ1v) is 9.86. The fourth-order valence-corrected chi connectivity index (χ4v) is 2.97. The maximum Gasteiger partial charge on any atom is 0.343 e. The Labute approximate surface area is 182 Å². The zero-order chi connectivity index (χ0) is 21.3. The van der Waals surface area contributed by atoms with E-state index in [9.17, 15) is 9.59 Å². The molecule has 0 unspecified atom stereocenters. The molecule has 1 N–H and O–H groups in total. The average molecular weight is 467 g/mol. The van der Waals surface area contributed by atoms with Crippen molar-refractivity contribution in [2.75, 3.05) is 7.11 Å². The number of hydrogen-bond donors (Lipinski definition) is 1. The fourth-order valence-electron chi connectivity index (χ4n) is 2.59. The Morgan fingerprint density at radius 2 is 1.77 bits per heavy atom. The molecule has 3 aromatic rings.